The monoisotopic (exact) mass is 82.1 g/mol. The molecule has 0 aliphatic carbocycles. The Morgan fingerprint density at radius 2 is 2.33 bits per heavy atom. The number of nitrogens with zero attached hydrogens (tertiary/aromatic N) is 1. The van der Waals surface area contributed by atoms with Crippen LogP contribution in [0.2, 0.25) is 0 Å². The molecule has 0 rings (SSSR count). The van der Waals surface area contributed by atoms with E-state index < -0.39 is 0 Å². The molecule has 0 spiro atoms. The van der Waals surface area contributed by atoms with Crippen molar-refractivity contribution < 1.29 is 0 Å². The van der Waals surface area contributed by atoms with Crippen molar-refractivity contribution in [1.29, 1.82) is 5.53 Å². The Morgan fingerprint density at radius 3 is 2.50 bits per heavy atom. The first kappa shape index (κ1) is 5.08. The Hall–Kier alpha value is -0.920. The lowest BCUT2D eigenvalue weighted by atomic mass is 10.6. The van der Waals surface area contributed by atoms with Crippen LogP contribution in [0.25, 0.3) is 0 Å². The molecule has 0 aromatic heterocycles. The van der Waals surface area contributed by atoms with Gasteiger partial charge in [0.2, 0.25) is 0 Å². The molecule has 0 radical (unpaired) electrons. The van der Waals surface area contributed by atoms with Crippen LogP contribution >= 0.6 is 0 Å². The van der Waals surface area contributed by atoms with Crippen molar-refractivity contribution in [3.63, 3.8) is 0 Å². The summed E-state index contributed by atoms with van der Waals surface area (Å²) in [6, 6.07) is 0. The second kappa shape index (κ2) is 4.08. The van der Waals surface area contributed by atoms with Crippen LogP contribution in [0.4, 0.5) is 0 Å². The molecular formula is C4H6N2. The first-order valence-corrected chi connectivity index (χ1v) is 1.56. The molecule has 0 amide bonds. The quantitative estimate of drug-likeness (QED) is 0.389. The van der Waals surface area contributed by atoms with E-state index in [0.717, 1.165) is 0 Å². The van der Waals surface area contributed by atoms with Gasteiger partial charge < -0.3 is 0 Å². The summed E-state index contributed by atoms with van der Waals surface area (Å²) in [4.78, 5) is 0. The Labute approximate surface area is 36.7 Å². The SMILES string of the molecule is C=CC=CN=N. The van der Waals surface area contributed by atoms with Crippen LogP contribution < -0.4 is 0 Å². The number of rotatable bonds is 2. The zero-order chi connectivity index (χ0) is 4.83. The van der Waals surface area contributed by atoms with E-state index in [-0.39, 0.29) is 0 Å². The van der Waals surface area contributed by atoms with Gasteiger partial charge in [0.15, 0.2) is 0 Å². The number of hydrogen-bond acceptors (Lipinski definition) is 2. The van der Waals surface area contributed by atoms with Crippen molar-refractivity contribution in [2.45, 2.75) is 0 Å². The lowest BCUT2D eigenvalue weighted by Gasteiger charge is -1.59. The molecule has 0 aromatic rings. The molecule has 0 atom stereocenters. The van der Waals surface area contributed by atoms with Gasteiger partial charge in [-0.3, -0.25) is 0 Å². The van der Waals surface area contributed by atoms with Gasteiger partial charge in [-0.25, -0.2) is 5.53 Å². The Kier molecular flexibility index (Phi) is 3.45. The van der Waals surface area contributed by atoms with Crippen LogP contribution in [0, 0.1) is 5.53 Å². The van der Waals surface area contributed by atoms with E-state index in [1.54, 1.807) is 12.2 Å². The Bertz CT molecular complexity index is 63.6. The third-order valence-corrected chi connectivity index (χ3v) is 0.297. The topological polar surface area (TPSA) is 36.2 Å². The van der Waals surface area contributed by atoms with Gasteiger partial charge in [0.25, 0.3) is 0 Å². The first-order chi connectivity index (χ1) is 2.91. The summed E-state index contributed by atoms with van der Waals surface area (Å²) in [6.45, 7) is 3.37. The van der Waals surface area contributed by atoms with Gasteiger partial charge in [-0.2, -0.15) is 5.11 Å². The summed E-state index contributed by atoms with van der Waals surface area (Å²) in [5.41, 5.74) is 6.20. The standard InChI is InChI=1S/C4H6N2/c1-2-3-4-6-5/h2-5H,1H2. The summed E-state index contributed by atoms with van der Waals surface area (Å²) in [6.07, 6.45) is 4.51. The van der Waals surface area contributed by atoms with Crippen LogP contribution in [0.5, 0.6) is 0 Å². The summed E-state index contributed by atoms with van der Waals surface area (Å²) < 4.78 is 0. The fourth-order valence-electron chi connectivity index (χ4n) is 0.104. The van der Waals surface area contributed by atoms with E-state index in [1.807, 2.05) is 0 Å². The second-order valence-electron chi connectivity index (χ2n) is 0.706. The van der Waals surface area contributed by atoms with Crippen LogP contribution in [-0.4, -0.2) is 0 Å². The van der Waals surface area contributed by atoms with Gasteiger partial charge in [0, 0.05) is 6.20 Å². The average molecular weight is 82.1 g/mol. The van der Waals surface area contributed by atoms with E-state index in [1.165, 1.54) is 6.20 Å². The zero-order valence-corrected chi connectivity index (χ0v) is 3.39. The van der Waals surface area contributed by atoms with Crippen molar-refractivity contribution >= 4 is 0 Å². The maximum Gasteiger partial charge on any atom is 0.0488 e. The van der Waals surface area contributed by atoms with Gasteiger partial charge in [-0.15, -0.1) is 0 Å². The van der Waals surface area contributed by atoms with Crippen LogP contribution in [0.1, 0.15) is 0 Å². The van der Waals surface area contributed by atoms with Crippen molar-refractivity contribution in [2.24, 2.45) is 5.11 Å². The van der Waals surface area contributed by atoms with E-state index >= 15 is 0 Å². The molecular weight excluding hydrogens is 76.1 g/mol. The van der Waals surface area contributed by atoms with Gasteiger partial charge in [-0.1, -0.05) is 12.7 Å². The van der Waals surface area contributed by atoms with Gasteiger partial charge in [-0.05, 0) is 6.08 Å². The van der Waals surface area contributed by atoms with Gasteiger partial charge in [0.05, 0.1) is 0 Å². The second-order valence-corrected chi connectivity index (χ2v) is 0.706. The largest absolute Gasteiger partial charge is 0.205 e. The molecule has 0 bridgehead atoms. The molecule has 1 N–H and O–H groups in total. The first-order valence-electron chi connectivity index (χ1n) is 1.56. The molecule has 0 aliphatic heterocycles. The van der Waals surface area contributed by atoms with E-state index in [9.17, 15) is 0 Å². The van der Waals surface area contributed by atoms with Crippen LogP contribution in [-0.2, 0) is 0 Å². The highest BCUT2D eigenvalue weighted by Crippen LogP contribution is 1.69. The molecule has 32 valence electrons. The van der Waals surface area contributed by atoms with E-state index in [4.69, 9.17) is 5.53 Å². The molecule has 0 aliphatic rings. The lowest BCUT2D eigenvalue weighted by molar-refractivity contribution is 1.14. The average Bonchev–Trinajstić information content (AvgIpc) is 1.61. The predicted octanol–water partition coefficient (Wildman–Crippen LogP) is 1.72. The number of hydrogen-bond donors (Lipinski definition) is 1. The van der Waals surface area contributed by atoms with Crippen LogP contribution in [0.15, 0.2) is 30.0 Å². The van der Waals surface area contributed by atoms with Crippen LogP contribution in [0.3, 0.4) is 0 Å². The van der Waals surface area contributed by atoms with Crippen molar-refractivity contribution in [2.75, 3.05) is 0 Å². The molecule has 0 fully saturated rings. The lowest BCUT2D eigenvalue weighted by Crippen LogP contribution is -1.38. The third kappa shape index (κ3) is 3.08. The normalized spacial score (nSPS) is 8.67. The highest BCUT2D eigenvalue weighted by molar-refractivity contribution is 4.94. The molecule has 0 saturated heterocycles. The smallest absolute Gasteiger partial charge is 0.0488 e. The maximum atomic E-state index is 6.20. The van der Waals surface area contributed by atoms with Crippen molar-refractivity contribution in [3.8, 4) is 0 Å². The van der Waals surface area contributed by atoms with E-state index in [0.29, 0.717) is 0 Å². The minimum absolute atomic E-state index is 1.35. The zero-order valence-electron chi connectivity index (χ0n) is 3.39. The van der Waals surface area contributed by atoms with Crippen molar-refractivity contribution in [1.82, 2.24) is 0 Å². The van der Waals surface area contributed by atoms with Gasteiger partial charge >= 0.3 is 0 Å². The third-order valence-electron chi connectivity index (χ3n) is 0.297. The highest BCUT2D eigenvalue weighted by atomic mass is 14.9. The maximum absolute atomic E-state index is 6.20. The molecule has 0 heterocycles. The van der Waals surface area contributed by atoms with Gasteiger partial charge in [0.1, 0.15) is 0 Å². The number of allylic oxidation sites excluding steroid dienone is 2. The molecule has 6 heavy (non-hydrogen) atoms. The Balaban J connectivity index is 3.17. The predicted molar refractivity (Wildman–Crippen MR) is 24.5 cm³/mol. The summed E-state index contributed by atoms with van der Waals surface area (Å²) in [7, 11) is 0. The fourth-order valence-corrected chi connectivity index (χ4v) is 0.104. The Morgan fingerprint density at radius 1 is 1.67 bits per heavy atom. The number of nitrogens with one attached hydrogen (secondary N) is 1. The molecule has 2 heteroatoms. The summed E-state index contributed by atoms with van der Waals surface area (Å²) >= 11 is 0. The highest BCUT2D eigenvalue weighted by Gasteiger charge is 1.49. The summed E-state index contributed by atoms with van der Waals surface area (Å²) in [5.74, 6) is 0. The molecule has 0 unspecified atom stereocenters. The minimum Gasteiger partial charge on any atom is -0.205 e. The fraction of sp³-hybridized carbons (Fsp3) is 0. The van der Waals surface area contributed by atoms with E-state index in [2.05, 4.69) is 11.7 Å². The molecule has 0 aromatic carbocycles. The molecule has 0 saturated carbocycles. The summed E-state index contributed by atoms with van der Waals surface area (Å²) in [5, 5.41) is 2.92. The minimum atomic E-state index is 1.35. The van der Waals surface area contributed by atoms with Crippen molar-refractivity contribution in [3.05, 3.63) is 24.9 Å². The molecule has 2 nitrogen and oxygen atoms in total.